The van der Waals surface area contributed by atoms with Crippen LogP contribution in [0.25, 0.3) is 0 Å². The van der Waals surface area contributed by atoms with E-state index in [2.05, 4.69) is 10.5 Å². The Balaban J connectivity index is 1.98. The molecule has 0 aromatic heterocycles. The topological polar surface area (TPSA) is 105 Å². The molecule has 0 saturated carbocycles. The molecule has 7 nitrogen and oxygen atoms in total. The predicted octanol–water partition coefficient (Wildman–Crippen LogP) is 2.61. The van der Waals surface area contributed by atoms with Crippen LogP contribution in [0.2, 0.25) is 0 Å². The summed E-state index contributed by atoms with van der Waals surface area (Å²) in [6.07, 6.45) is 1.47. The largest absolute Gasteiger partial charge is 0.502 e. The van der Waals surface area contributed by atoms with Crippen molar-refractivity contribution in [2.45, 2.75) is 20.3 Å². The summed E-state index contributed by atoms with van der Waals surface area (Å²) in [6.45, 7) is 3.98. The normalized spacial score (nSPS) is 10.8. The zero-order valence-electron chi connectivity index (χ0n) is 13.3. The lowest BCUT2D eigenvalue weighted by Crippen LogP contribution is -2.19. The van der Waals surface area contributed by atoms with Crippen LogP contribution < -0.4 is 5.43 Å². The van der Waals surface area contributed by atoms with Crippen LogP contribution in [0.1, 0.15) is 22.3 Å². The van der Waals surface area contributed by atoms with Crippen LogP contribution in [0.15, 0.2) is 41.5 Å². The number of rotatable bonds is 5. The molecule has 0 bridgehead atoms. The van der Waals surface area contributed by atoms with Crippen molar-refractivity contribution in [3.63, 3.8) is 0 Å². The number of hydrazone groups is 1. The van der Waals surface area contributed by atoms with Crippen LogP contribution >= 0.6 is 0 Å². The number of aryl methyl sites for hydroxylation is 2. The second-order valence-electron chi connectivity index (χ2n) is 5.39. The van der Waals surface area contributed by atoms with Gasteiger partial charge in [0.2, 0.25) is 5.91 Å². The van der Waals surface area contributed by atoms with E-state index < -0.39 is 16.4 Å². The molecule has 1 amide bonds. The number of hydrogen-bond acceptors (Lipinski definition) is 5. The third-order valence-electron chi connectivity index (χ3n) is 3.54. The first kappa shape index (κ1) is 17.1. The Kier molecular flexibility index (Phi) is 5.26. The van der Waals surface area contributed by atoms with Crippen molar-refractivity contribution in [3.05, 3.63) is 68.8 Å². The molecule has 0 aliphatic carbocycles. The second-order valence-corrected chi connectivity index (χ2v) is 5.39. The van der Waals surface area contributed by atoms with Crippen molar-refractivity contribution in [3.8, 4) is 5.75 Å². The highest BCUT2D eigenvalue weighted by molar-refractivity contribution is 5.84. The number of aromatic hydroxyl groups is 1. The van der Waals surface area contributed by atoms with Crippen molar-refractivity contribution in [1.29, 1.82) is 0 Å². The van der Waals surface area contributed by atoms with Gasteiger partial charge < -0.3 is 5.11 Å². The molecule has 2 aromatic rings. The smallest absolute Gasteiger partial charge is 0.311 e. The van der Waals surface area contributed by atoms with E-state index in [1.54, 1.807) is 0 Å². The number of hydrogen-bond donors (Lipinski definition) is 2. The maximum atomic E-state index is 11.9. The molecule has 124 valence electrons. The summed E-state index contributed by atoms with van der Waals surface area (Å²) < 4.78 is 0. The van der Waals surface area contributed by atoms with Gasteiger partial charge >= 0.3 is 5.69 Å². The van der Waals surface area contributed by atoms with Crippen LogP contribution in [-0.2, 0) is 11.2 Å². The summed E-state index contributed by atoms with van der Waals surface area (Å²) in [5.41, 5.74) is 5.50. The van der Waals surface area contributed by atoms with Gasteiger partial charge in [-0.05, 0) is 42.7 Å². The van der Waals surface area contributed by atoms with Gasteiger partial charge in [-0.1, -0.05) is 18.2 Å². The van der Waals surface area contributed by atoms with E-state index in [-0.39, 0.29) is 12.3 Å². The molecule has 0 heterocycles. The third-order valence-corrected chi connectivity index (χ3v) is 3.54. The van der Waals surface area contributed by atoms with E-state index in [1.165, 1.54) is 24.4 Å². The summed E-state index contributed by atoms with van der Waals surface area (Å²) >= 11 is 0. The van der Waals surface area contributed by atoms with E-state index in [1.807, 2.05) is 32.0 Å². The van der Waals surface area contributed by atoms with Crippen molar-refractivity contribution >= 4 is 17.8 Å². The lowest BCUT2D eigenvalue weighted by Gasteiger charge is -2.04. The van der Waals surface area contributed by atoms with Crippen LogP contribution in [0, 0.1) is 24.0 Å². The Bertz CT molecular complexity index is 815. The predicted molar refractivity (Wildman–Crippen MR) is 90.1 cm³/mol. The molecule has 2 aromatic carbocycles. The van der Waals surface area contributed by atoms with Crippen molar-refractivity contribution < 1.29 is 14.8 Å². The van der Waals surface area contributed by atoms with Crippen LogP contribution in [-0.4, -0.2) is 22.2 Å². The SMILES string of the molecule is Cc1ccc(CC(=O)N/N=C\c2ccc(O)c([N+](=O)[O-])c2)cc1C. The van der Waals surface area contributed by atoms with Gasteiger partial charge in [-0.25, -0.2) is 5.43 Å². The van der Waals surface area contributed by atoms with Gasteiger partial charge in [0.15, 0.2) is 5.75 Å². The zero-order chi connectivity index (χ0) is 17.7. The number of amides is 1. The maximum absolute atomic E-state index is 11.9. The maximum Gasteiger partial charge on any atom is 0.311 e. The molecular formula is C17H17N3O4. The lowest BCUT2D eigenvalue weighted by atomic mass is 10.0. The number of nitrogens with one attached hydrogen (secondary N) is 1. The fourth-order valence-electron chi connectivity index (χ4n) is 2.08. The Hall–Kier alpha value is -3.22. The zero-order valence-corrected chi connectivity index (χ0v) is 13.3. The number of phenolic OH excluding ortho intramolecular Hbond substituents is 1. The minimum Gasteiger partial charge on any atom is -0.502 e. The van der Waals surface area contributed by atoms with E-state index in [0.717, 1.165) is 16.7 Å². The molecule has 0 radical (unpaired) electrons. The highest BCUT2D eigenvalue weighted by Gasteiger charge is 2.12. The molecule has 7 heteroatoms. The van der Waals surface area contributed by atoms with Crippen LogP contribution in [0.3, 0.4) is 0 Å². The quantitative estimate of drug-likeness (QED) is 0.500. The monoisotopic (exact) mass is 327 g/mol. The molecule has 0 saturated heterocycles. The number of nitrogens with zero attached hydrogens (tertiary/aromatic N) is 2. The highest BCUT2D eigenvalue weighted by Crippen LogP contribution is 2.25. The molecule has 0 unspecified atom stereocenters. The average molecular weight is 327 g/mol. The fourth-order valence-corrected chi connectivity index (χ4v) is 2.08. The Morgan fingerprint density at radius 2 is 2.00 bits per heavy atom. The summed E-state index contributed by atoms with van der Waals surface area (Å²) in [5.74, 6) is -0.710. The molecular weight excluding hydrogens is 310 g/mol. The Labute approximate surface area is 138 Å². The molecule has 0 spiro atoms. The highest BCUT2D eigenvalue weighted by atomic mass is 16.6. The van der Waals surface area contributed by atoms with Gasteiger partial charge in [0.25, 0.3) is 0 Å². The van der Waals surface area contributed by atoms with Crippen molar-refractivity contribution in [2.24, 2.45) is 5.10 Å². The van der Waals surface area contributed by atoms with Gasteiger partial charge in [-0.15, -0.1) is 0 Å². The fraction of sp³-hybridized carbons (Fsp3) is 0.176. The van der Waals surface area contributed by atoms with Gasteiger partial charge in [0.1, 0.15) is 0 Å². The Morgan fingerprint density at radius 3 is 2.67 bits per heavy atom. The molecule has 2 N–H and O–H groups in total. The lowest BCUT2D eigenvalue weighted by molar-refractivity contribution is -0.385. The third kappa shape index (κ3) is 4.39. The summed E-state index contributed by atoms with van der Waals surface area (Å²) in [7, 11) is 0. The van der Waals surface area contributed by atoms with Gasteiger partial charge in [-0.3, -0.25) is 14.9 Å². The first-order chi connectivity index (χ1) is 11.4. The minimum absolute atomic E-state index is 0.189. The van der Waals surface area contributed by atoms with E-state index in [9.17, 15) is 20.0 Å². The van der Waals surface area contributed by atoms with E-state index in [0.29, 0.717) is 5.56 Å². The second kappa shape index (κ2) is 7.36. The van der Waals surface area contributed by atoms with Crippen LogP contribution in [0.4, 0.5) is 5.69 Å². The number of nitro benzene ring substituents is 1. The van der Waals surface area contributed by atoms with E-state index >= 15 is 0 Å². The summed E-state index contributed by atoms with van der Waals surface area (Å²) in [4.78, 5) is 21.9. The molecule has 2 rings (SSSR count). The standard InChI is InChI=1S/C17H17N3O4/c1-11-3-4-13(7-12(11)2)9-17(22)19-18-10-14-5-6-16(21)15(8-14)20(23)24/h3-8,10,21H,9H2,1-2H3,(H,19,22)/b18-10-. The molecule has 0 atom stereocenters. The summed E-state index contributed by atoms with van der Waals surface area (Å²) in [6, 6.07) is 9.62. The Morgan fingerprint density at radius 1 is 1.25 bits per heavy atom. The van der Waals surface area contributed by atoms with E-state index in [4.69, 9.17) is 0 Å². The number of nitro groups is 1. The molecule has 24 heavy (non-hydrogen) atoms. The van der Waals surface area contributed by atoms with Crippen molar-refractivity contribution in [2.75, 3.05) is 0 Å². The first-order valence-electron chi connectivity index (χ1n) is 7.22. The molecule has 0 aliphatic heterocycles. The number of phenols is 1. The number of benzene rings is 2. The van der Waals surface area contributed by atoms with Gasteiger partial charge in [-0.2, -0.15) is 5.10 Å². The van der Waals surface area contributed by atoms with Gasteiger partial charge in [0, 0.05) is 11.6 Å². The molecule has 0 aliphatic rings. The van der Waals surface area contributed by atoms with Gasteiger partial charge in [0.05, 0.1) is 17.6 Å². The van der Waals surface area contributed by atoms with Crippen molar-refractivity contribution in [1.82, 2.24) is 5.43 Å². The first-order valence-corrected chi connectivity index (χ1v) is 7.22. The minimum atomic E-state index is -0.690. The molecule has 0 fully saturated rings. The number of carbonyl (C=O) groups is 1. The average Bonchev–Trinajstić information content (AvgIpc) is 2.52. The number of carbonyl (C=O) groups excluding carboxylic acids is 1. The van der Waals surface area contributed by atoms with Crippen LogP contribution in [0.5, 0.6) is 5.75 Å². The summed E-state index contributed by atoms with van der Waals surface area (Å²) in [5, 5.41) is 23.9.